The van der Waals surface area contributed by atoms with E-state index in [2.05, 4.69) is 5.16 Å². The average molecular weight is 346 g/mol. The van der Waals surface area contributed by atoms with E-state index >= 15 is 0 Å². The molecule has 1 amide bonds. The van der Waals surface area contributed by atoms with Crippen LogP contribution in [0, 0.1) is 0 Å². The number of hydrogen-bond donors (Lipinski definition) is 1. The number of hydrogen-bond acceptors (Lipinski definition) is 6. The van der Waals surface area contributed by atoms with Crippen molar-refractivity contribution in [3.63, 3.8) is 0 Å². The number of aromatic nitrogens is 1. The Morgan fingerprint density at radius 1 is 1.24 bits per heavy atom. The molecule has 1 saturated heterocycles. The molecular formula is C18H22N2O5. The van der Waals surface area contributed by atoms with E-state index in [0.29, 0.717) is 41.4 Å². The van der Waals surface area contributed by atoms with Crippen molar-refractivity contribution in [2.24, 2.45) is 0 Å². The molecular weight excluding hydrogens is 324 g/mol. The molecule has 2 aromatic rings. The van der Waals surface area contributed by atoms with Crippen LogP contribution in [0.4, 0.5) is 0 Å². The van der Waals surface area contributed by atoms with Gasteiger partial charge in [0.2, 0.25) is 0 Å². The van der Waals surface area contributed by atoms with Crippen LogP contribution in [0.5, 0.6) is 11.5 Å². The van der Waals surface area contributed by atoms with Crippen molar-refractivity contribution in [2.75, 3.05) is 27.3 Å². The Labute approximate surface area is 146 Å². The third kappa shape index (κ3) is 3.19. The first kappa shape index (κ1) is 17.3. The molecule has 0 spiro atoms. The van der Waals surface area contributed by atoms with Crippen molar-refractivity contribution in [1.29, 1.82) is 0 Å². The van der Waals surface area contributed by atoms with Gasteiger partial charge in [-0.25, -0.2) is 0 Å². The summed E-state index contributed by atoms with van der Waals surface area (Å²) in [5, 5.41) is 14.0. The van der Waals surface area contributed by atoms with Crippen LogP contribution in [0.3, 0.4) is 0 Å². The van der Waals surface area contributed by atoms with Gasteiger partial charge >= 0.3 is 0 Å². The van der Waals surface area contributed by atoms with Crippen LogP contribution in [0.15, 0.2) is 22.7 Å². The molecule has 1 aromatic heterocycles. The van der Waals surface area contributed by atoms with Crippen LogP contribution < -0.4 is 9.47 Å². The predicted octanol–water partition coefficient (Wildman–Crippen LogP) is 2.65. The van der Waals surface area contributed by atoms with Crippen molar-refractivity contribution in [3.05, 3.63) is 29.5 Å². The molecule has 1 aliphatic rings. The molecule has 0 radical (unpaired) electrons. The first-order valence-corrected chi connectivity index (χ1v) is 8.26. The highest BCUT2D eigenvalue weighted by Crippen LogP contribution is 2.36. The molecule has 1 aromatic carbocycles. The summed E-state index contributed by atoms with van der Waals surface area (Å²) in [7, 11) is 3.10. The maximum atomic E-state index is 13.0. The van der Waals surface area contributed by atoms with Crippen molar-refractivity contribution in [1.82, 2.24) is 10.1 Å². The van der Waals surface area contributed by atoms with E-state index in [4.69, 9.17) is 14.0 Å². The molecule has 0 aliphatic carbocycles. The zero-order valence-electron chi connectivity index (χ0n) is 14.6. The Morgan fingerprint density at radius 2 is 1.92 bits per heavy atom. The molecule has 3 rings (SSSR count). The van der Waals surface area contributed by atoms with Gasteiger partial charge in [0.05, 0.1) is 14.2 Å². The van der Waals surface area contributed by atoms with E-state index in [1.807, 2.05) is 0 Å². The summed E-state index contributed by atoms with van der Waals surface area (Å²) in [6.45, 7) is 2.96. The molecule has 7 nitrogen and oxygen atoms in total. The van der Waals surface area contributed by atoms with Crippen LogP contribution in [-0.4, -0.2) is 48.4 Å². The standard InChI is InChI=1S/C18H22N2O5/c1-11(21)17-15(18(22)20-8-4-5-9-20)16(19-25-17)12-6-7-13(23-2)14(10-12)24-3/h6-7,10-11,21H,4-5,8-9H2,1-3H3. The Bertz CT molecular complexity index is 763. The number of aliphatic hydroxyl groups is 1. The van der Waals surface area contributed by atoms with Gasteiger partial charge in [0.25, 0.3) is 5.91 Å². The first-order valence-electron chi connectivity index (χ1n) is 8.26. The van der Waals surface area contributed by atoms with Gasteiger partial charge in [-0.1, -0.05) is 5.16 Å². The summed E-state index contributed by atoms with van der Waals surface area (Å²) >= 11 is 0. The van der Waals surface area contributed by atoms with E-state index in [0.717, 1.165) is 12.8 Å². The minimum absolute atomic E-state index is 0.167. The van der Waals surface area contributed by atoms with Gasteiger partial charge in [-0.05, 0) is 38.0 Å². The molecule has 7 heteroatoms. The lowest BCUT2D eigenvalue weighted by atomic mass is 10.0. The fourth-order valence-electron chi connectivity index (χ4n) is 3.05. The van der Waals surface area contributed by atoms with Crippen molar-refractivity contribution in [3.8, 4) is 22.8 Å². The molecule has 2 heterocycles. The third-order valence-corrected chi connectivity index (χ3v) is 4.36. The van der Waals surface area contributed by atoms with Crippen LogP contribution in [0.1, 0.15) is 42.0 Å². The summed E-state index contributed by atoms with van der Waals surface area (Å²) in [4.78, 5) is 14.7. The minimum atomic E-state index is -0.928. The zero-order valence-corrected chi connectivity index (χ0v) is 14.6. The largest absolute Gasteiger partial charge is 0.493 e. The number of nitrogens with zero attached hydrogens (tertiary/aromatic N) is 2. The number of aliphatic hydroxyl groups excluding tert-OH is 1. The lowest BCUT2D eigenvalue weighted by molar-refractivity contribution is 0.0781. The second-order valence-electron chi connectivity index (χ2n) is 6.02. The first-order chi connectivity index (χ1) is 12.1. The van der Waals surface area contributed by atoms with Gasteiger partial charge in [-0.15, -0.1) is 0 Å². The number of rotatable bonds is 5. The van der Waals surface area contributed by atoms with Gasteiger partial charge < -0.3 is 24.0 Å². The summed E-state index contributed by atoms with van der Waals surface area (Å²) in [6.07, 6.45) is 1.03. The fourth-order valence-corrected chi connectivity index (χ4v) is 3.05. The number of ether oxygens (including phenoxy) is 2. The molecule has 1 fully saturated rings. The van der Waals surface area contributed by atoms with Crippen molar-refractivity contribution in [2.45, 2.75) is 25.9 Å². The molecule has 0 saturated carbocycles. The van der Waals surface area contributed by atoms with E-state index in [9.17, 15) is 9.90 Å². The van der Waals surface area contributed by atoms with E-state index in [-0.39, 0.29) is 11.7 Å². The van der Waals surface area contributed by atoms with Gasteiger partial charge in [0, 0.05) is 18.7 Å². The van der Waals surface area contributed by atoms with Gasteiger partial charge in [-0.3, -0.25) is 4.79 Å². The number of carbonyl (C=O) groups excluding carboxylic acids is 1. The van der Waals surface area contributed by atoms with Crippen molar-refractivity contribution < 1.29 is 23.9 Å². The van der Waals surface area contributed by atoms with E-state index in [1.165, 1.54) is 0 Å². The van der Waals surface area contributed by atoms with E-state index in [1.54, 1.807) is 44.2 Å². The quantitative estimate of drug-likeness (QED) is 0.896. The second kappa shape index (κ2) is 7.14. The Hall–Kier alpha value is -2.54. The molecule has 1 atom stereocenters. The number of methoxy groups -OCH3 is 2. The number of benzene rings is 1. The van der Waals surface area contributed by atoms with Gasteiger partial charge in [-0.2, -0.15) is 0 Å². The number of likely N-dealkylation sites (tertiary alicyclic amines) is 1. The number of carbonyl (C=O) groups is 1. The topological polar surface area (TPSA) is 85.0 Å². The van der Waals surface area contributed by atoms with Crippen LogP contribution >= 0.6 is 0 Å². The maximum Gasteiger partial charge on any atom is 0.259 e. The molecule has 1 N–H and O–H groups in total. The third-order valence-electron chi connectivity index (χ3n) is 4.36. The minimum Gasteiger partial charge on any atom is -0.493 e. The molecule has 1 aliphatic heterocycles. The normalized spacial score (nSPS) is 15.3. The Balaban J connectivity index is 2.09. The smallest absolute Gasteiger partial charge is 0.259 e. The van der Waals surface area contributed by atoms with Gasteiger partial charge in [0.15, 0.2) is 17.3 Å². The van der Waals surface area contributed by atoms with Crippen LogP contribution in [0.25, 0.3) is 11.3 Å². The van der Waals surface area contributed by atoms with Crippen molar-refractivity contribution >= 4 is 5.91 Å². The zero-order chi connectivity index (χ0) is 18.0. The molecule has 1 unspecified atom stereocenters. The molecule has 25 heavy (non-hydrogen) atoms. The lowest BCUT2D eigenvalue weighted by Crippen LogP contribution is -2.28. The van der Waals surface area contributed by atoms with Crippen LogP contribution in [-0.2, 0) is 0 Å². The second-order valence-corrected chi connectivity index (χ2v) is 6.02. The summed E-state index contributed by atoms with van der Waals surface area (Å²) < 4.78 is 15.9. The summed E-state index contributed by atoms with van der Waals surface area (Å²) in [5.74, 6) is 1.13. The lowest BCUT2D eigenvalue weighted by Gasteiger charge is -2.16. The fraction of sp³-hybridized carbons (Fsp3) is 0.444. The van der Waals surface area contributed by atoms with Gasteiger partial charge in [0.1, 0.15) is 17.4 Å². The highest BCUT2D eigenvalue weighted by atomic mass is 16.5. The van der Waals surface area contributed by atoms with Crippen LogP contribution in [0.2, 0.25) is 0 Å². The average Bonchev–Trinajstić information content (AvgIpc) is 3.30. The Morgan fingerprint density at radius 3 is 2.52 bits per heavy atom. The summed E-state index contributed by atoms with van der Waals surface area (Å²) in [6, 6.07) is 5.27. The molecule has 0 bridgehead atoms. The summed E-state index contributed by atoms with van der Waals surface area (Å²) in [5.41, 5.74) is 1.37. The van der Waals surface area contributed by atoms with E-state index < -0.39 is 6.10 Å². The maximum absolute atomic E-state index is 13.0. The number of amides is 1. The predicted molar refractivity (Wildman–Crippen MR) is 90.8 cm³/mol. The Kier molecular flexibility index (Phi) is 4.94. The monoisotopic (exact) mass is 346 g/mol. The highest BCUT2D eigenvalue weighted by Gasteiger charge is 2.31. The highest BCUT2D eigenvalue weighted by molar-refractivity contribution is 6.01. The molecule has 134 valence electrons. The SMILES string of the molecule is COc1ccc(-c2noc(C(C)O)c2C(=O)N2CCCC2)cc1OC.